The van der Waals surface area contributed by atoms with Gasteiger partial charge in [-0.3, -0.25) is 14.4 Å². The number of aromatic nitrogens is 2. The van der Waals surface area contributed by atoms with Gasteiger partial charge >= 0.3 is 17.9 Å². The van der Waals surface area contributed by atoms with Gasteiger partial charge in [0.05, 0.1) is 25.9 Å². The topological polar surface area (TPSA) is 140 Å². The van der Waals surface area contributed by atoms with Crippen molar-refractivity contribution in [3.8, 4) is 0 Å². The molecule has 0 amide bonds. The number of carbonyl (C=O) groups is 3. The molecule has 3 N–H and O–H groups in total. The Labute approximate surface area is 263 Å². The third-order valence-corrected chi connectivity index (χ3v) is 8.51. The van der Waals surface area contributed by atoms with E-state index in [9.17, 15) is 19.5 Å². The number of esters is 3. The number of nitrogens with one attached hydrogen (secondary N) is 2. The second-order valence-electron chi connectivity index (χ2n) is 11.5. The average Bonchev–Trinajstić information content (AvgIpc) is 3.78. The number of hydrogen-bond acceptors (Lipinski definition) is 8. The van der Waals surface area contributed by atoms with Crippen LogP contribution in [0, 0.1) is 0 Å². The molecule has 0 bridgehead atoms. The van der Waals surface area contributed by atoms with E-state index in [2.05, 4.69) is 9.97 Å². The zero-order valence-corrected chi connectivity index (χ0v) is 24.8. The molecule has 0 saturated carbocycles. The quantitative estimate of drug-likeness (QED) is 0.161. The number of aromatic amines is 2. The third-order valence-electron chi connectivity index (χ3n) is 8.51. The van der Waals surface area contributed by atoms with Crippen molar-refractivity contribution < 1.29 is 38.4 Å². The number of H-pyrrole nitrogens is 2. The van der Waals surface area contributed by atoms with Crippen molar-refractivity contribution in [2.24, 2.45) is 0 Å². The number of benzene rings is 3. The van der Waals surface area contributed by atoms with Crippen LogP contribution in [0.5, 0.6) is 0 Å². The van der Waals surface area contributed by atoms with Gasteiger partial charge in [-0.1, -0.05) is 66.7 Å². The number of aliphatic hydroxyl groups is 1. The second kappa shape index (κ2) is 12.7. The standard InChI is InChI=1S/C36H32N2O8/c39-31(15-22-14-13-21-7-1-2-8-25(21)22)44-30-20-43-36(42)35(46-33(41)17-24-19-38-29-12-6-4-10-27(24)29)34(30)45-32(40)16-23-18-37-28-11-5-3-9-26(23)28/h1-12,14,18-19,30,34-38,42H,13,15-17,20H2/t30-,34+,35-,36-/m1/s1. The summed E-state index contributed by atoms with van der Waals surface area (Å²) in [5.41, 5.74) is 6.09. The molecule has 3 heterocycles. The minimum atomic E-state index is -1.61. The Hall–Kier alpha value is -5.19. The zero-order chi connectivity index (χ0) is 31.6. The first-order valence-electron chi connectivity index (χ1n) is 15.2. The maximum absolute atomic E-state index is 13.4. The van der Waals surface area contributed by atoms with Crippen LogP contribution < -0.4 is 0 Å². The minimum absolute atomic E-state index is 0.00289. The molecule has 5 aromatic rings. The molecular weight excluding hydrogens is 588 g/mol. The highest BCUT2D eigenvalue weighted by atomic mass is 16.7. The summed E-state index contributed by atoms with van der Waals surface area (Å²) in [7, 11) is 0. The molecule has 10 heteroatoms. The number of para-hydroxylation sites is 2. The van der Waals surface area contributed by atoms with Gasteiger partial charge in [-0.05, 0) is 46.4 Å². The third kappa shape index (κ3) is 6.04. The Morgan fingerprint density at radius 3 is 1.96 bits per heavy atom. The van der Waals surface area contributed by atoms with Crippen molar-refractivity contribution in [2.45, 2.75) is 50.3 Å². The zero-order valence-electron chi connectivity index (χ0n) is 24.8. The van der Waals surface area contributed by atoms with Gasteiger partial charge in [-0.15, -0.1) is 0 Å². The molecule has 1 fully saturated rings. The molecule has 0 spiro atoms. The smallest absolute Gasteiger partial charge is 0.310 e. The van der Waals surface area contributed by atoms with E-state index in [4.69, 9.17) is 18.9 Å². The molecule has 1 aliphatic carbocycles. The molecular formula is C36H32N2O8. The highest BCUT2D eigenvalue weighted by molar-refractivity contribution is 5.89. The van der Waals surface area contributed by atoms with Gasteiger partial charge in [0, 0.05) is 34.2 Å². The summed E-state index contributed by atoms with van der Waals surface area (Å²) < 4.78 is 22.9. The number of ether oxygens (including phenoxy) is 4. The molecule has 234 valence electrons. The summed E-state index contributed by atoms with van der Waals surface area (Å²) >= 11 is 0. The molecule has 10 nitrogen and oxygen atoms in total. The lowest BCUT2D eigenvalue weighted by atomic mass is 10.0. The molecule has 2 aliphatic rings. The molecule has 4 atom stereocenters. The summed E-state index contributed by atoms with van der Waals surface area (Å²) in [5.74, 6) is -1.88. The van der Waals surface area contributed by atoms with Gasteiger partial charge in [-0.2, -0.15) is 0 Å². The fourth-order valence-corrected chi connectivity index (χ4v) is 6.27. The fourth-order valence-electron chi connectivity index (χ4n) is 6.27. The van der Waals surface area contributed by atoms with Crippen LogP contribution in [0.15, 0.2) is 91.3 Å². The Bertz CT molecular complexity index is 1960. The van der Waals surface area contributed by atoms with Gasteiger partial charge in [0.1, 0.15) is 0 Å². The van der Waals surface area contributed by atoms with Crippen LogP contribution >= 0.6 is 0 Å². The van der Waals surface area contributed by atoms with E-state index >= 15 is 0 Å². The predicted molar refractivity (Wildman–Crippen MR) is 168 cm³/mol. The molecule has 0 radical (unpaired) electrons. The van der Waals surface area contributed by atoms with Crippen LogP contribution in [0.3, 0.4) is 0 Å². The molecule has 3 aromatic carbocycles. The van der Waals surface area contributed by atoms with Gasteiger partial charge < -0.3 is 34.0 Å². The number of carbonyl (C=O) groups excluding carboxylic acids is 3. The van der Waals surface area contributed by atoms with Gasteiger partial charge in [0.15, 0.2) is 24.6 Å². The lowest BCUT2D eigenvalue weighted by Gasteiger charge is -2.38. The summed E-state index contributed by atoms with van der Waals surface area (Å²) in [6.07, 6.45) is 0.442. The Balaban J connectivity index is 1.10. The van der Waals surface area contributed by atoms with Crippen molar-refractivity contribution in [1.29, 1.82) is 0 Å². The second-order valence-corrected chi connectivity index (χ2v) is 11.5. The van der Waals surface area contributed by atoms with Crippen LogP contribution in [0.4, 0.5) is 0 Å². The van der Waals surface area contributed by atoms with Gasteiger partial charge in [-0.25, -0.2) is 0 Å². The molecule has 2 aromatic heterocycles. The van der Waals surface area contributed by atoms with E-state index in [0.29, 0.717) is 11.1 Å². The molecule has 1 aliphatic heterocycles. The summed E-state index contributed by atoms with van der Waals surface area (Å²) in [6.45, 7) is -0.260. The maximum atomic E-state index is 13.4. The summed E-state index contributed by atoms with van der Waals surface area (Å²) in [4.78, 5) is 46.1. The highest BCUT2D eigenvalue weighted by Crippen LogP contribution is 2.31. The Morgan fingerprint density at radius 2 is 1.28 bits per heavy atom. The van der Waals surface area contributed by atoms with Crippen LogP contribution in [0.2, 0.25) is 0 Å². The average molecular weight is 621 g/mol. The van der Waals surface area contributed by atoms with Crippen molar-refractivity contribution in [3.05, 3.63) is 114 Å². The Kier molecular flexibility index (Phi) is 8.13. The summed E-state index contributed by atoms with van der Waals surface area (Å²) in [5, 5.41) is 12.6. The van der Waals surface area contributed by atoms with Crippen molar-refractivity contribution in [3.63, 3.8) is 0 Å². The summed E-state index contributed by atoms with van der Waals surface area (Å²) in [6, 6.07) is 22.9. The normalized spacial score (nSPS) is 20.7. The Morgan fingerprint density at radius 1 is 0.717 bits per heavy atom. The lowest BCUT2D eigenvalue weighted by molar-refractivity contribution is -0.268. The SMILES string of the molecule is O=C(Cc1c[nH]c2ccccc12)O[C@@H]1[C@@H](OC(=O)Cc2c[nH]c3ccccc23)[C@H](OC(=O)CC2=CCc3ccccc32)CO[C@H]1O. The lowest BCUT2D eigenvalue weighted by Crippen LogP contribution is -2.57. The molecule has 7 rings (SSSR count). The van der Waals surface area contributed by atoms with Crippen molar-refractivity contribution in [1.82, 2.24) is 9.97 Å². The number of hydrogen-bond donors (Lipinski definition) is 3. The van der Waals surface area contributed by atoms with E-state index in [-0.39, 0.29) is 25.9 Å². The first-order chi connectivity index (χ1) is 22.4. The van der Waals surface area contributed by atoms with E-state index in [1.165, 1.54) is 0 Å². The van der Waals surface area contributed by atoms with E-state index in [1.54, 1.807) is 12.4 Å². The van der Waals surface area contributed by atoms with E-state index in [1.807, 2.05) is 78.9 Å². The molecule has 1 saturated heterocycles. The number of aliphatic hydroxyl groups excluding tert-OH is 1. The van der Waals surface area contributed by atoms with E-state index in [0.717, 1.165) is 44.9 Å². The van der Waals surface area contributed by atoms with Crippen molar-refractivity contribution in [2.75, 3.05) is 6.61 Å². The van der Waals surface area contributed by atoms with Crippen LogP contribution in [-0.4, -0.2) is 64.2 Å². The van der Waals surface area contributed by atoms with Gasteiger partial charge in [0.25, 0.3) is 0 Å². The van der Waals surface area contributed by atoms with E-state index < -0.39 is 42.5 Å². The monoisotopic (exact) mass is 620 g/mol. The van der Waals surface area contributed by atoms with Gasteiger partial charge in [0.2, 0.25) is 0 Å². The first-order valence-corrected chi connectivity index (χ1v) is 15.2. The van der Waals surface area contributed by atoms with Crippen LogP contribution in [-0.2, 0) is 52.6 Å². The number of allylic oxidation sites excluding steroid dienone is 1. The first kappa shape index (κ1) is 29.5. The van der Waals surface area contributed by atoms with Crippen LogP contribution in [0.25, 0.3) is 27.4 Å². The minimum Gasteiger partial charge on any atom is -0.456 e. The molecule has 0 unspecified atom stereocenters. The number of fused-ring (bicyclic) bond motifs is 3. The van der Waals surface area contributed by atoms with Crippen LogP contribution in [0.1, 0.15) is 28.7 Å². The predicted octanol–water partition coefficient (Wildman–Crippen LogP) is 4.55. The fraction of sp³-hybridized carbons (Fsp3) is 0.250. The van der Waals surface area contributed by atoms with Crippen molar-refractivity contribution >= 4 is 45.3 Å². The number of rotatable bonds is 9. The largest absolute Gasteiger partial charge is 0.456 e. The highest BCUT2D eigenvalue weighted by Gasteiger charge is 2.47. The molecule has 46 heavy (non-hydrogen) atoms. The maximum Gasteiger partial charge on any atom is 0.310 e.